The minimum Gasteiger partial charge on any atom is -1.00 e. The molecule has 0 heterocycles. The van der Waals surface area contributed by atoms with Gasteiger partial charge in [-0.2, -0.15) is 0 Å². The van der Waals surface area contributed by atoms with Gasteiger partial charge >= 0.3 is 26.2 Å². The van der Waals surface area contributed by atoms with E-state index in [4.69, 9.17) is 4.43 Å². The normalized spacial score (nSPS) is 17.1. The quantitative estimate of drug-likeness (QED) is 0.158. The van der Waals surface area contributed by atoms with Gasteiger partial charge in [-0.3, -0.25) is 0 Å². The smallest absolute Gasteiger partial charge is 1.00 e. The first kappa shape index (κ1) is 36.1. The second kappa shape index (κ2) is 15.9. The molecule has 0 amide bonds. The van der Waals surface area contributed by atoms with Gasteiger partial charge in [-0.25, -0.2) is 0 Å². The van der Waals surface area contributed by atoms with E-state index in [1.54, 1.807) is 0 Å². The maximum atomic E-state index is 7.53. The number of hydrogen-bond donors (Lipinski definition) is 0. The van der Waals surface area contributed by atoms with Crippen LogP contribution in [0.4, 0.5) is 0 Å². The van der Waals surface area contributed by atoms with E-state index in [0.29, 0.717) is 18.4 Å². The van der Waals surface area contributed by atoms with E-state index in [1.807, 2.05) is 0 Å². The van der Waals surface area contributed by atoms with E-state index in [1.165, 1.54) is 37.8 Å². The fourth-order valence-electron chi connectivity index (χ4n) is 7.79. The average Bonchev–Trinajstić information content (AvgIpc) is 3.72. The monoisotopic (exact) mass is 734 g/mol. The van der Waals surface area contributed by atoms with Crippen LogP contribution in [0.1, 0.15) is 53.9 Å². The Labute approximate surface area is 306 Å². The third-order valence-electron chi connectivity index (χ3n) is 9.92. The minimum atomic E-state index is -2.79. The van der Waals surface area contributed by atoms with Crippen LogP contribution in [-0.4, -0.2) is 14.9 Å². The molecule has 2 unspecified atom stereocenters. The zero-order valence-electron chi connectivity index (χ0n) is 26.0. The maximum absolute atomic E-state index is 7.53. The summed E-state index contributed by atoms with van der Waals surface area (Å²) in [5, 5.41) is 3.85. The molecule has 0 fully saturated rings. The molecule has 0 radical (unpaired) electrons. The molecule has 0 aliphatic heterocycles. The van der Waals surface area contributed by atoms with Gasteiger partial charge in [-0.1, -0.05) is 171 Å². The molecule has 2 aliphatic rings. The standard InChI is InChI=1S/C41H38OSi.2ClH.Zr/c1-2-41(39-28-26-32-16-12-14-24-37(32)39,40-29-27-33-17-13-15-25-38(33)40)30-31-42-43(34-18-6-3-7-19-34,35-20-8-4-9-21-35)36-22-10-5-11-23-36;;;/h3-29,39-40H,2,30-31H2,1H3;2*1H;/q;;;+2/p-2. The third-order valence-corrected chi connectivity index (χ3v) is 14.0. The van der Waals surface area contributed by atoms with Crippen molar-refractivity contribution in [1.29, 1.82) is 0 Å². The number of rotatable bonds is 10. The van der Waals surface area contributed by atoms with Gasteiger partial charge in [0, 0.05) is 18.4 Å². The Morgan fingerprint density at radius 3 is 1.30 bits per heavy atom. The topological polar surface area (TPSA) is 9.23 Å². The largest absolute Gasteiger partial charge is 2.00 e. The fraction of sp³-hybridized carbons (Fsp3) is 0.171. The van der Waals surface area contributed by atoms with Gasteiger partial charge in [-0.05, 0) is 56.1 Å². The zero-order valence-corrected chi connectivity index (χ0v) is 31.0. The second-order valence-corrected chi connectivity index (χ2v) is 15.3. The molecule has 7 rings (SSSR count). The van der Waals surface area contributed by atoms with Gasteiger partial charge in [0.1, 0.15) is 0 Å². The van der Waals surface area contributed by atoms with Gasteiger partial charge in [0.2, 0.25) is 0 Å². The molecule has 0 N–H and O–H groups in total. The zero-order chi connectivity index (χ0) is 29.1. The van der Waals surface area contributed by atoms with Crippen molar-refractivity contribution >= 4 is 36.0 Å². The van der Waals surface area contributed by atoms with Gasteiger partial charge < -0.3 is 29.2 Å². The maximum Gasteiger partial charge on any atom is 2.00 e. The molecule has 0 saturated carbocycles. The predicted octanol–water partition coefficient (Wildman–Crippen LogP) is 2.08. The van der Waals surface area contributed by atoms with Crippen LogP contribution in [0.25, 0.3) is 12.2 Å². The summed E-state index contributed by atoms with van der Waals surface area (Å²) in [6.07, 6.45) is 11.6. The number of halogens is 2. The van der Waals surface area contributed by atoms with E-state index in [9.17, 15) is 0 Å². The summed E-state index contributed by atoms with van der Waals surface area (Å²) in [5.41, 5.74) is 5.56. The van der Waals surface area contributed by atoms with Crippen LogP contribution in [0.15, 0.2) is 152 Å². The molecule has 2 atom stereocenters. The molecule has 46 heavy (non-hydrogen) atoms. The molecular formula is C41H38Cl2OSiZr. The molecular weight excluding hydrogens is 699 g/mol. The second-order valence-electron chi connectivity index (χ2n) is 11.9. The van der Waals surface area contributed by atoms with Crippen molar-refractivity contribution in [2.75, 3.05) is 6.61 Å². The summed E-state index contributed by atoms with van der Waals surface area (Å²) in [6.45, 7) is 3.07. The van der Waals surface area contributed by atoms with Crippen LogP contribution in [0.3, 0.4) is 0 Å². The van der Waals surface area contributed by atoms with Crippen molar-refractivity contribution in [3.63, 3.8) is 0 Å². The summed E-state index contributed by atoms with van der Waals surface area (Å²) < 4.78 is 7.53. The third kappa shape index (κ3) is 6.38. The Morgan fingerprint density at radius 2 is 0.913 bits per heavy atom. The number of fused-ring (bicyclic) bond motifs is 2. The number of allylic oxidation sites excluding steroid dienone is 2. The van der Waals surface area contributed by atoms with Crippen molar-refractivity contribution in [1.82, 2.24) is 0 Å². The first-order chi connectivity index (χ1) is 21.3. The van der Waals surface area contributed by atoms with Gasteiger partial charge in [0.05, 0.1) is 0 Å². The Bertz CT molecular complexity index is 1600. The fourth-order valence-corrected chi connectivity index (χ4v) is 11.7. The van der Waals surface area contributed by atoms with Crippen molar-refractivity contribution in [2.24, 2.45) is 5.41 Å². The Hall–Kier alpha value is -2.78. The predicted molar refractivity (Wildman–Crippen MR) is 184 cm³/mol. The van der Waals surface area contributed by atoms with Gasteiger partial charge in [0.15, 0.2) is 0 Å². The molecule has 5 aromatic carbocycles. The molecule has 0 bridgehead atoms. The van der Waals surface area contributed by atoms with Gasteiger partial charge in [0.25, 0.3) is 8.32 Å². The summed E-state index contributed by atoms with van der Waals surface area (Å²) >= 11 is 0. The van der Waals surface area contributed by atoms with E-state index in [-0.39, 0.29) is 56.4 Å². The Balaban J connectivity index is 0.00000160. The number of benzene rings is 5. The first-order valence-corrected chi connectivity index (χ1v) is 17.5. The molecule has 5 heteroatoms. The van der Waals surface area contributed by atoms with Crippen LogP contribution < -0.4 is 40.4 Å². The molecule has 230 valence electrons. The Kier molecular flexibility index (Phi) is 12.4. The summed E-state index contributed by atoms with van der Waals surface area (Å²) in [5.74, 6) is 0.638. The summed E-state index contributed by atoms with van der Waals surface area (Å²) in [7, 11) is -2.79. The molecule has 0 spiro atoms. The van der Waals surface area contributed by atoms with E-state index >= 15 is 0 Å². The van der Waals surface area contributed by atoms with Crippen LogP contribution in [0.2, 0.25) is 0 Å². The van der Waals surface area contributed by atoms with E-state index in [0.717, 1.165) is 12.8 Å². The van der Waals surface area contributed by atoms with E-state index in [2.05, 4.69) is 171 Å². The van der Waals surface area contributed by atoms with Crippen molar-refractivity contribution in [2.45, 2.75) is 31.6 Å². The average molecular weight is 737 g/mol. The van der Waals surface area contributed by atoms with Crippen molar-refractivity contribution in [3.05, 3.63) is 174 Å². The van der Waals surface area contributed by atoms with E-state index < -0.39 is 8.32 Å². The Morgan fingerprint density at radius 1 is 0.543 bits per heavy atom. The first-order valence-electron chi connectivity index (χ1n) is 15.6. The van der Waals surface area contributed by atoms with Crippen molar-refractivity contribution < 1.29 is 55.4 Å². The molecule has 0 aromatic heterocycles. The van der Waals surface area contributed by atoms with Crippen molar-refractivity contribution in [3.8, 4) is 0 Å². The van der Waals surface area contributed by atoms with Gasteiger partial charge in [-0.15, -0.1) is 0 Å². The molecule has 2 aliphatic carbocycles. The minimum absolute atomic E-state index is 0. The van der Waals surface area contributed by atoms with Crippen LogP contribution in [0, 0.1) is 5.41 Å². The van der Waals surface area contributed by atoms with Crippen LogP contribution in [0.5, 0.6) is 0 Å². The van der Waals surface area contributed by atoms with Crippen LogP contribution >= 0.6 is 0 Å². The molecule has 1 nitrogen and oxygen atoms in total. The summed E-state index contributed by atoms with van der Waals surface area (Å²) in [4.78, 5) is 0. The molecule has 0 saturated heterocycles. The molecule has 5 aromatic rings. The number of hydrogen-bond acceptors (Lipinski definition) is 1. The summed E-state index contributed by atoms with van der Waals surface area (Å²) in [6, 6.07) is 50.8. The van der Waals surface area contributed by atoms with Crippen LogP contribution in [-0.2, 0) is 30.6 Å². The SMILES string of the molecule is CCC(CCO[Si](c1ccccc1)(c1ccccc1)c1ccccc1)(C1C=Cc2ccccc21)C1C=Cc2ccccc21.[Cl-].[Cl-].[Zr+2].